The first-order valence-electron chi connectivity index (χ1n) is 5.87. The van der Waals surface area contributed by atoms with Gasteiger partial charge in [0.25, 0.3) is 5.91 Å². The van der Waals surface area contributed by atoms with Gasteiger partial charge in [-0.05, 0) is 37.0 Å². The first kappa shape index (κ1) is 10.4. The molecule has 1 saturated carbocycles. The van der Waals surface area contributed by atoms with Gasteiger partial charge in [0, 0.05) is 0 Å². The summed E-state index contributed by atoms with van der Waals surface area (Å²) in [7, 11) is 0. The fourth-order valence-electron chi connectivity index (χ4n) is 2.47. The van der Waals surface area contributed by atoms with Crippen molar-refractivity contribution in [2.75, 3.05) is 0 Å². The van der Waals surface area contributed by atoms with Crippen LogP contribution in [-0.4, -0.2) is 16.6 Å². The van der Waals surface area contributed by atoms with E-state index < -0.39 is 0 Å². The van der Waals surface area contributed by atoms with Crippen LogP contribution in [-0.2, 0) is 11.3 Å². The summed E-state index contributed by atoms with van der Waals surface area (Å²) in [5.74, 6) is -0.137. The maximum Gasteiger partial charge on any atom is 0.251 e. The molecule has 0 bridgehead atoms. The lowest BCUT2D eigenvalue weighted by atomic mass is 10.1. The van der Waals surface area contributed by atoms with Crippen LogP contribution >= 0.6 is 0 Å². The zero-order valence-electron chi connectivity index (χ0n) is 9.40. The van der Waals surface area contributed by atoms with Gasteiger partial charge in [0.2, 0.25) is 0 Å². The second-order valence-electron chi connectivity index (χ2n) is 4.56. The van der Waals surface area contributed by atoms with Crippen molar-refractivity contribution in [3.8, 4) is 0 Å². The number of halogens is 1. The van der Waals surface area contributed by atoms with E-state index in [0.29, 0.717) is 6.54 Å². The van der Waals surface area contributed by atoms with Crippen molar-refractivity contribution in [2.24, 2.45) is 11.0 Å². The van der Waals surface area contributed by atoms with Gasteiger partial charge in [-0.25, -0.2) is 9.40 Å². The van der Waals surface area contributed by atoms with Crippen LogP contribution in [0.15, 0.2) is 29.4 Å². The molecule has 1 amide bonds. The second kappa shape index (κ2) is 3.95. The molecule has 1 aliphatic carbocycles. The maximum atomic E-state index is 12.8. The Morgan fingerprint density at radius 3 is 2.82 bits per heavy atom. The smallest absolute Gasteiger partial charge is 0.251 e. The van der Waals surface area contributed by atoms with E-state index in [9.17, 15) is 9.18 Å². The Balaban J connectivity index is 1.76. The number of amides is 1. The summed E-state index contributed by atoms with van der Waals surface area (Å²) in [6, 6.07) is 6.20. The van der Waals surface area contributed by atoms with E-state index >= 15 is 0 Å². The van der Waals surface area contributed by atoms with Gasteiger partial charge in [0.15, 0.2) is 0 Å². The molecule has 0 saturated heterocycles. The minimum Gasteiger partial charge on any atom is -0.272 e. The largest absolute Gasteiger partial charge is 0.272 e. The van der Waals surface area contributed by atoms with Crippen molar-refractivity contribution < 1.29 is 9.18 Å². The van der Waals surface area contributed by atoms with Crippen LogP contribution in [0.3, 0.4) is 0 Å². The summed E-state index contributed by atoms with van der Waals surface area (Å²) >= 11 is 0. The highest BCUT2D eigenvalue weighted by molar-refractivity contribution is 6.09. The van der Waals surface area contributed by atoms with Gasteiger partial charge < -0.3 is 0 Å². The number of hydrogen-bond acceptors (Lipinski definition) is 2. The lowest BCUT2D eigenvalue weighted by Gasteiger charge is -2.13. The molecule has 3 rings (SSSR count). The van der Waals surface area contributed by atoms with Crippen molar-refractivity contribution in [2.45, 2.75) is 25.8 Å². The summed E-state index contributed by atoms with van der Waals surface area (Å²) in [6.07, 6.45) is 2.94. The van der Waals surface area contributed by atoms with Crippen LogP contribution in [0.2, 0.25) is 0 Å². The van der Waals surface area contributed by atoms with E-state index in [4.69, 9.17) is 0 Å². The highest BCUT2D eigenvalue weighted by atomic mass is 19.1. The number of hydrogen-bond donors (Lipinski definition) is 0. The summed E-state index contributed by atoms with van der Waals surface area (Å²) in [6.45, 7) is 0.444. The van der Waals surface area contributed by atoms with Crippen molar-refractivity contribution >= 4 is 11.6 Å². The lowest BCUT2D eigenvalue weighted by Crippen LogP contribution is -2.25. The summed E-state index contributed by atoms with van der Waals surface area (Å²) in [5, 5.41) is 5.88. The molecule has 1 aromatic rings. The van der Waals surface area contributed by atoms with Gasteiger partial charge in [-0.3, -0.25) is 4.79 Å². The fourth-order valence-corrected chi connectivity index (χ4v) is 2.47. The van der Waals surface area contributed by atoms with Crippen molar-refractivity contribution in [3.63, 3.8) is 0 Å². The van der Waals surface area contributed by atoms with Crippen LogP contribution in [0.25, 0.3) is 0 Å². The molecule has 1 unspecified atom stereocenters. The third kappa shape index (κ3) is 1.84. The molecule has 2 aliphatic rings. The topological polar surface area (TPSA) is 32.7 Å². The van der Waals surface area contributed by atoms with Crippen molar-refractivity contribution in [1.82, 2.24) is 5.01 Å². The number of carbonyl (C=O) groups excluding carboxylic acids is 1. The number of benzene rings is 1. The van der Waals surface area contributed by atoms with Gasteiger partial charge in [0.05, 0.1) is 18.2 Å². The highest BCUT2D eigenvalue weighted by Gasteiger charge is 2.38. The van der Waals surface area contributed by atoms with E-state index in [1.54, 1.807) is 12.1 Å². The minimum atomic E-state index is -0.260. The summed E-state index contributed by atoms with van der Waals surface area (Å²) in [5.41, 5.74) is 1.93. The number of fused-ring (bicyclic) bond motifs is 1. The van der Waals surface area contributed by atoms with Crippen molar-refractivity contribution in [1.29, 1.82) is 0 Å². The zero-order chi connectivity index (χ0) is 11.8. The molecule has 1 aliphatic heterocycles. The summed E-state index contributed by atoms with van der Waals surface area (Å²) < 4.78 is 12.8. The van der Waals surface area contributed by atoms with Crippen LogP contribution in [0, 0.1) is 11.7 Å². The average molecular weight is 232 g/mol. The molecular weight excluding hydrogens is 219 g/mol. The molecular formula is C13H13FN2O. The molecule has 88 valence electrons. The monoisotopic (exact) mass is 232 g/mol. The molecule has 1 aromatic carbocycles. The van der Waals surface area contributed by atoms with E-state index in [1.165, 1.54) is 17.1 Å². The number of nitrogens with zero attached hydrogens (tertiary/aromatic N) is 2. The number of hydrazone groups is 1. The van der Waals surface area contributed by atoms with Gasteiger partial charge in [0.1, 0.15) is 5.82 Å². The van der Waals surface area contributed by atoms with Crippen LogP contribution in [0.5, 0.6) is 0 Å². The van der Waals surface area contributed by atoms with Crippen LogP contribution in [0.1, 0.15) is 24.8 Å². The Morgan fingerprint density at radius 1 is 1.35 bits per heavy atom. The molecule has 1 atom stereocenters. The second-order valence-corrected chi connectivity index (χ2v) is 4.56. The van der Waals surface area contributed by atoms with Crippen molar-refractivity contribution in [3.05, 3.63) is 35.6 Å². The van der Waals surface area contributed by atoms with Crippen LogP contribution in [0.4, 0.5) is 4.39 Å². The normalized spacial score (nSPS) is 22.9. The predicted octanol–water partition coefficient (Wildman–Crippen LogP) is 2.32. The molecule has 17 heavy (non-hydrogen) atoms. The first-order chi connectivity index (χ1) is 8.24. The van der Waals surface area contributed by atoms with E-state index in [-0.39, 0.29) is 17.6 Å². The third-order valence-corrected chi connectivity index (χ3v) is 3.38. The number of rotatable bonds is 2. The average Bonchev–Trinajstić information content (AvgIpc) is 2.87. The SMILES string of the molecule is O=C1C2CCCC2=NN1Cc1ccc(F)cc1. The molecule has 0 N–H and O–H groups in total. The molecule has 4 heteroatoms. The Bertz CT molecular complexity index is 481. The predicted molar refractivity (Wildman–Crippen MR) is 61.7 cm³/mol. The summed E-state index contributed by atoms with van der Waals surface area (Å²) in [4.78, 5) is 12.0. The lowest BCUT2D eigenvalue weighted by molar-refractivity contribution is -0.132. The molecule has 0 spiro atoms. The molecule has 1 heterocycles. The van der Waals surface area contributed by atoms with E-state index in [1.807, 2.05) is 0 Å². The van der Waals surface area contributed by atoms with E-state index in [2.05, 4.69) is 5.10 Å². The zero-order valence-corrected chi connectivity index (χ0v) is 9.40. The highest BCUT2D eigenvalue weighted by Crippen LogP contribution is 2.30. The Kier molecular flexibility index (Phi) is 2.42. The maximum absolute atomic E-state index is 12.8. The molecule has 1 fully saturated rings. The van der Waals surface area contributed by atoms with Gasteiger partial charge in [-0.2, -0.15) is 5.10 Å². The Hall–Kier alpha value is -1.71. The quantitative estimate of drug-likeness (QED) is 0.770. The Labute approximate surface area is 98.9 Å². The standard InChI is InChI=1S/C13H13FN2O/c14-10-6-4-9(5-7-10)8-16-13(17)11-2-1-3-12(11)15-16/h4-7,11H,1-3,8H2. The van der Waals surface area contributed by atoms with Crippen LogP contribution < -0.4 is 0 Å². The van der Waals surface area contributed by atoms with E-state index in [0.717, 1.165) is 30.5 Å². The molecule has 0 aromatic heterocycles. The van der Waals surface area contributed by atoms with Gasteiger partial charge in [-0.1, -0.05) is 12.1 Å². The third-order valence-electron chi connectivity index (χ3n) is 3.38. The first-order valence-corrected chi connectivity index (χ1v) is 5.87. The Morgan fingerprint density at radius 2 is 2.12 bits per heavy atom. The fraction of sp³-hybridized carbons (Fsp3) is 0.385. The molecule has 3 nitrogen and oxygen atoms in total. The van der Waals surface area contributed by atoms with Gasteiger partial charge >= 0.3 is 0 Å². The number of carbonyl (C=O) groups is 1. The molecule has 0 radical (unpaired) electrons. The van der Waals surface area contributed by atoms with Gasteiger partial charge in [-0.15, -0.1) is 0 Å². The minimum absolute atomic E-state index is 0.0236.